The molecule has 0 radical (unpaired) electrons. The van der Waals surface area contributed by atoms with E-state index in [9.17, 15) is 4.79 Å². The molecule has 0 N–H and O–H groups in total. The normalized spacial score (nSPS) is 10.6. The van der Waals surface area contributed by atoms with Crippen LogP contribution in [-0.4, -0.2) is 17.9 Å². The number of pyridine rings is 1. The van der Waals surface area contributed by atoms with Crippen LogP contribution in [0, 0.1) is 6.92 Å². The largest absolute Gasteiger partial charge is 0.310 e. The minimum atomic E-state index is -0.00642. The van der Waals surface area contributed by atoms with E-state index in [1.165, 1.54) is 11.3 Å². The first-order valence-electron chi connectivity index (χ1n) is 9.09. The molecule has 0 aliphatic rings. The number of anilines is 1. The monoisotopic (exact) mass is 384 g/mol. The van der Waals surface area contributed by atoms with Gasteiger partial charge in [0.1, 0.15) is 0 Å². The molecule has 4 aromatic rings. The van der Waals surface area contributed by atoms with Crippen molar-refractivity contribution < 1.29 is 4.79 Å². The molecule has 0 aliphatic carbocycles. The molecule has 0 saturated heterocycles. The number of para-hydroxylation sites is 1. The number of carbonyl (C=O) groups excluding carboxylic acids is 1. The van der Waals surface area contributed by atoms with Gasteiger partial charge in [-0.05, 0) is 42.3 Å². The Hall–Kier alpha value is -3.24. The van der Waals surface area contributed by atoms with E-state index in [4.69, 9.17) is 0 Å². The van der Waals surface area contributed by atoms with Crippen LogP contribution in [-0.2, 0) is 0 Å². The lowest BCUT2D eigenvalue weighted by molar-refractivity contribution is 0.0996. The molecule has 2 heterocycles. The van der Waals surface area contributed by atoms with Crippen molar-refractivity contribution in [3.63, 3.8) is 0 Å². The van der Waals surface area contributed by atoms with E-state index in [2.05, 4.69) is 23.2 Å². The Bertz CT molecular complexity index is 1100. The quantitative estimate of drug-likeness (QED) is 0.428. The lowest BCUT2D eigenvalue weighted by atomic mass is 10.0. The van der Waals surface area contributed by atoms with Crippen molar-refractivity contribution >= 4 is 22.9 Å². The van der Waals surface area contributed by atoms with Gasteiger partial charge < -0.3 is 4.90 Å². The number of hydrogen-bond donors (Lipinski definition) is 0. The zero-order valence-corrected chi connectivity index (χ0v) is 16.6. The molecule has 0 bridgehead atoms. The highest BCUT2D eigenvalue weighted by atomic mass is 32.1. The molecule has 0 atom stereocenters. The van der Waals surface area contributed by atoms with E-state index >= 15 is 0 Å². The number of aromatic nitrogens is 1. The Morgan fingerprint density at radius 2 is 1.64 bits per heavy atom. The smallest absolute Gasteiger partial charge is 0.268 e. The number of nitrogens with zero attached hydrogens (tertiary/aromatic N) is 2. The van der Waals surface area contributed by atoms with Gasteiger partial charge in [0, 0.05) is 18.8 Å². The molecule has 4 heteroatoms. The fourth-order valence-electron chi connectivity index (χ4n) is 3.22. The van der Waals surface area contributed by atoms with Crippen LogP contribution in [0.1, 0.15) is 15.2 Å². The first kappa shape index (κ1) is 18.1. The lowest BCUT2D eigenvalue weighted by Crippen LogP contribution is -2.26. The number of benzene rings is 2. The average Bonchev–Trinajstić information content (AvgIpc) is 3.15. The standard InChI is InChI=1S/C24H20N2OS/c1-17-16-22(20-13-8-9-15-25-20)28-23(17)24(27)26(2)21-14-7-6-12-19(21)18-10-4-3-5-11-18/h3-16H,1-2H3. The molecule has 2 aromatic heterocycles. The van der Waals surface area contributed by atoms with Gasteiger partial charge in [0.15, 0.2) is 0 Å². The van der Waals surface area contributed by atoms with Crippen LogP contribution < -0.4 is 4.90 Å². The summed E-state index contributed by atoms with van der Waals surface area (Å²) in [5.74, 6) is -0.00642. The zero-order chi connectivity index (χ0) is 19.5. The molecule has 0 aliphatic heterocycles. The molecular weight excluding hydrogens is 364 g/mol. The average molecular weight is 385 g/mol. The highest BCUT2D eigenvalue weighted by Gasteiger charge is 2.21. The van der Waals surface area contributed by atoms with Gasteiger partial charge in [0.05, 0.1) is 21.1 Å². The van der Waals surface area contributed by atoms with Crippen LogP contribution in [0.15, 0.2) is 85.1 Å². The zero-order valence-electron chi connectivity index (χ0n) is 15.8. The Morgan fingerprint density at radius 1 is 0.929 bits per heavy atom. The minimum absolute atomic E-state index is 0.00642. The highest BCUT2D eigenvalue weighted by molar-refractivity contribution is 7.17. The van der Waals surface area contributed by atoms with E-state index in [0.717, 1.165) is 37.8 Å². The van der Waals surface area contributed by atoms with E-state index in [0.29, 0.717) is 0 Å². The molecule has 4 rings (SSSR count). The van der Waals surface area contributed by atoms with Crippen LogP contribution >= 0.6 is 11.3 Å². The molecule has 2 aromatic carbocycles. The Balaban J connectivity index is 1.70. The van der Waals surface area contributed by atoms with Crippen LogP contribution in [0.25, 0.3) is 21.7 Å². The number of carbonyl (C=O) groups is 1. The predicted molar refractivity (Wildman–Crippen MR) is 117 cm³/mol. The number of hydrogen-bond acceptors (Lipinski definition) is 3. The topological polar surface area (TPSA) is 33.2 Å². The summed E-state index contributed by atoms with van der Waals surface area (Å²) in [7, 11) is 1.84. The Kier molecular flexibility index (Phi) is 5.04. The maximum absolute atomic E-state index is 13.3. The molecular formula is C24H20N2OS. The van der Waals surface area contributed by atoms with Crippen LogP contribution in [0.4, 0.5) is 5.69 Å². The Morgan fingerprint density at radius 3 is 2.39 bits per heavy atom. The van der Waals surface area contributed by atoms with E-state index < -0.39 is 0 Å². The fourth-order valence-corrected chi connectivity index (χ4v) is 4.34. The van der Waals surface area contributed by atoms with Gasteiger partial charge in [-0.2, -0.15) is 0 Å². The van der Waals surface area contributed by atoms with Gasteiger partial charge >= 0.3 is 0 Å². The van der Waals surface area contributed by atoms with Crippen molar-refractivity contribution in [1.29, 1.82) is 0 Å². The molecule has 3 nitrogen and oxygen atoms in total. The summed E-state index contributed by atoms with van der Waals surface area (Å²) in [6, 6.07) is 26.0. The maximum atomic E-state index is 13.3. The van der Waals surface area contributed by atoms with Gasteiger partial charge in [0.25, 0.3) is 5.91 Å². The van der Waals surface area contributed by atoms with Gasteiger partial charge in [-0.15, -0.1) is 11.3 Å². The van der Waals surface area contributed by atoms with Crippen LogP contribution in [0.5, 0.6) is 0 Å². The molecule has 138 valence electrons. The van der Waals surface area contributed by atoms with Crippen molar-refractivity contribution in [2.24, 2.45) is 0 Å². The predicted octanol–water partition coefficient (Wildman–Crippen LogP) is 6.06. The molecule has 0 fully saturated rings. The third kappa shape index (κ3) is 3.47. The summed E-state index contributed by atoms with van der Waals surface area (Å²) in [5.41, 5.74) is 4.89. The molecule has 0 unspecified atom stereocenters. The summed E-state index contributed by atoms with van der Waals surface area (Å²) in [5, 5.41) is 0. The summed E-state index contributed by atoms with van der Waals surface area (Å²) < 4.78 is 0. The van der Waals surface area contributed by atoms with E-state index in [1.54, 1.807) is 11.1 Å². The minimum Gasteiger partial charge on any atom is -0.310 e. The van der Waals surface area contributed by atoms with Crippen molar-refractivity contribution in [1.82, 2.24) is 4.98 Å². The second kappa shape index (κ2) is 7.79. The maximum Gasteiger partial charge on any atom is 0.268 e. The molecule has 1 amide bonds. The second-order valence-electron chi connectivity index (χ2n) is 6.59. The number of thiophene rings is 1. The van der Waals surface area contributed by atoms with Gasteiger partial charge in [-0.25, -0.2) is 0 Å². The first-order chi connectivity index (χ1) is 13.6. The highest BCUT2D eigenvalue weighted by Crippen LogP contribution is 2.34. The van der Waals surface area contributed by atoms with Gasteiger partial charge in [-0.1, -0.05) is 54.6 Å². The number of aryl methyl sites for hydroxylation is 1. The van der Waals surface area contributed by atoms with Crippen molar-refractivity contribution in [3.8, 4) is 21.7 Å². The van der Waals surface area contributed by atoms with Crippen molar-refractivity contribution in [2.75, 3.05) is 11.9 Å². The van der Waals surface area contributed by atoms with E-state index in [-0.39, 0.29) is 5.91 Å². The summed E-state index contributed by atoms with van der Waals surface area (Å²) in [4.78, 5) is 21.2. The first-order valence-corrected chi connectivity index (χ1v) is 9.91. The SMILES string of the molecule is Cc1cc(-c2ccccn2)sc1C(=O)N(C)c1ccccc1-c1ccccc1. The van der Waals surface area contributed by atoms with Crippen molar-refractivity contribution in [3.05, 3.63) is 95.5 Å². The lowest BCUT2D eigenvalue weighted by Gasteiger charge is -2.20. The molecule has 0 saturated carbocycles. The van der Waals surface area contributed by atoms with Crippen LogP contribution in [0.2, 0.25) is 0 Å². The van der Waals surface area contributed by atoms with Crippen molar-refractivity contribution in [2.45, 2.75) is 6.92 Å². The number of amides is 1. The third-order valence-electron chi connectivity index (χ3n) is 4.68. The molecule has 0 spiro atoms. The second-order valence-corrected chi connectivity index (χ2v) is 7.64. The molecule has 28 heavy (non-hydrogen) atoms. The number of rotatable bonds is 4. The van der Waals surface area contributed by atoms with E-state index in [1.807, 2.05) is 74.6 Å². The van der Waals surface area contributed by atoms with Gasteiger partial charge in [0.2, 0.25) is 0 Å². The summed E-state index contributed by atoms with van der Waals surface area (Å²) in [6.45, 7) is 1.98. The van der Waals surface area contributed by atoms with Gasteiger partial charge in [-0.3, -0.25) is 9.78 Å². The summed E-state index contributed by atoms with van der Waals surface area (Å²) >= 11 is 1.49. The third-order valence-corrected chi connectivity index (χ3v) is 5.93. The fraction of sp³-hybridized carbons (Fsp3) is 0.0833. The Labute approximate surface area is 168 Å². The van der Waals surface area contributed by atoms with Crippen LogP contribution in [0.3, 0.4) is 0 Å². The summed E-state index contributed by atoms with van der Waals surface area (Å²) in [6.07, 6.45) is 1.77.